The van der Waals surface area contributed by atoms with E-state index in [1.165, 1.54) is 12.8 Å². The number of hydrogen-bond donors (Lipinski definition) is 1. The molecule has 4 nitrogen and oxygen atoms in total. The summed E-state index contributed by atoms with van der Waals surface area (Å²) < 4.78 is 11.7. The zero-order valence-corrected chi connectivity index (χ0v) is 12.0. The molecule has 0 radical (unpaired) electrons. The number of benzene rings is 1. The molecule has 2 heterocycles. The highest BCUT2D eigenvalue weighted by atomic mass is 16.5. The Morgan fingerprint density at radius 1 is 1.35 bits per heavy atom. The number of para-hydroxylation sites is 2. The van der Waals surface area contributed by atoms with E-state index in [-0.39, 0.29) is 12.1 Å². The summed E-state index contributed by atoms with van der Waals surface area (Å²) >= 11 is 0. The Hall–Kier alpha value is -1.39. The lowest BCUT2D eigenvalue weighted by Crippen LogP contribution is -2.44. The van der Waals surface area contributed by atoms with E-state index in [1.54, 1.807) is 0 Å². The van der Waals surface area contributed by atoms with Crippen LogP contribution in [-0.2, 0) is 11.2 Å². The first-order valence-corrected chi connectivity index (χ1v) is 7.56. The van der Waals surface area contributed by atoms with Gasteiger partial charge in [0.05, 0.1) is 6.10 Å². The zero-order chi connectivity index (χ0) is 13.8. The van der Waals surface area contributed by atoms with Gasteiger partial charge in [0.1, 0.15) is 5.52 Å². The molecule has 1 aromatic heterocycles. The van der Waals surface area contributed by atoms with Crippen LogP contribution in [0.25, 0.3) is 11.1 Å². The molecular weight excluding hydrogens is 252 g/mol. The number of likely N-dealkylation sites (N-methyl/N-ethyl adjacent to an activating group) is 1. The Balaban J connectivity index is 1.74. The Labute approximate surface area is 119 Å². The van der Waals surface area contributed by atoms with Crippen molar-refractivity contribution in [3.8, 4) is 0 Å². The van der Waals surface area contributed by atoms with Crippen LogP contribution in [0.3, 0.4) is 0 Å². The Morgan fingerprint density at radius 3 is 3.00 bits per heavy atom. The molecular formula is C16H22N2O2. The first-order chi connectivity index (χ1) is 9.86. The maximum atomic E-state index is 5.91. The second-order valence-corrected chi connectivity index (χ2v) is 5.35. The molecule has 1 aromatic carbocycles. The summed E-state index contributed by atoms with van der Waals surface area (Å²) in [6, 6.07) is 8.20. The maximum Gasteiger partial charge on any atom is 0.197 e. The Kier molecular flexibility index (Phi) is 4.33. The fraction of sp³-hybridized carbons (Fsp3) is 0.562. The van der Waals surface area contributed by atoms with Gasteiger partial charge in [-0.25, -0.2) is 4.98 Å². The van der Waals surface area contributed by atoms with Gasteiger partial charge in [-0.3, -0.25) is 0 Å². The molecule has 1 fully saturated rings. The predicted molar refractivity (Wildman–Crippen MR) is 78.8 cm³/mol. The van der Waals surface area contributed by atoms with E-state index < -0.39 is 0 Å². The highest BCUT2D eigenvalue weighted by Crippen LogP contribution is 2.21. The van der Waals surface area contributed by atoms with Crippen molar-refractivity contribution in [1.29, 1.82) is 0 Å². The van der Waals surface area contributed by atoms with Gasteiger partial charge in [0.2, 0.25) is 0 Å². The number of rotatable bonds is 5. The van der Waals surface area contributed by atoms with Crippen molar-refractivity contribution >= 4 is 11.1 Å². The normalized spacial score (nSPS) is 21.1. The number of hydrogen-bond acceptors (Lipinski definition) is 4. The molecule has 2 atom stereocenters. The molecule has 2 aromatic rings. The third-order valence-corrected chi connectivity index (χ3v) is 3.86. The van der Waals surface area contributed by atoms with Crippen LogP contribution in [0, 0.1) is 0 Å². The van der Waals surface area contributed by atoms with Gasteiger partial charge in [-0.1, -0.05) is 19.1 Å². The van der Waals surface area contributed by atoms with E-state index in [2.05, 4.69) is 17.2 Å². The second-order valence-electron chi connectivity index (χ2n) is 5.35. The van der Waals surface area contributed by atoms with Crippen molar-refractivity contribution in [2.45, 2.75) is 44.8 Å². The molecule has 1 saturated heterocycles. The highest BCUT2D eigenvalue weighted by molar-refractivity contribution is 5.72. The van der Waals surface area contributed by atoms with Gasteiger partial charge < -0.3 is 14.5 Å². The lowest BCUT2D eigenvalue weighted by Gasteiger charge is -2.30. The average molecular weight is 274 g/mol. The smallest absolute Gasteiger partial charge is 0.197 e. The number of ether oxygens (including phenoxy) is 1. The largest absolute Gasteiger partial charge is 0.441 e. The first kappa shape index (κ1) is 13.6. The Bertz CT molecular complexity index is 513. The number of oxazole rings is 1. The fourth-order valence-corrected chi connectivity index (χ4v) is 2.88. The van der Waals surface area contributed by atoms with E-state index in [4.69, 9.17) is 9.15 Å². The molecule has 0 aliphatic carbocycles. The molecule has 108 valence electrons. The maximum absolute atomic E-state index is 5.91. The van der Waals surface area contributed by atoms with Crippen molar-refractivity contribution in [2.24, 2.45) is 0 Å². The van der Waals surface area contributed by atoms with Crippen molar-refractivity contribution in [3.05, 3.63) is 30.2 Å². The van der Waals surface area contributed by atoms with Crippen LogP contribution in [0.1, 0.15) is 32.1 Å². The standard InChI is InChI=1S/C16H22N2O2/c1-2-17-13(14-8-5-6-10-19-14)11-16-18-12-7-3-4-9-15(12)20-16/h3-4,7,9,13-14,17H,2,5-6,8,10-11H2,1H3. The van der Waals surface area contributed by atoms with Crippen LogP contribution >= 0.6 is 0 Å². The summed E-state index contributed by atoms with van der Waals surface area (Å²) in [6.07, 6.45) is 4.61. The van der Waals surface area contributed by atoms with Gasteiger partial charge in [0.15, 0.2) is 11.5 Å². The highest BCUT2D eigenvalue weighted by Gasteiger charge is 2.25. The van der Waals surface area contributed by atoms with Crippen LogP contribution in [0.4, 0.5) is 0 Å². The molecule has 2 unspecified atom stereocenters. The molecule has 1 N–H and O–H groups in total. The number of aromatic nitrogens is 1. The van der Waals surface area contributed by atoms with Gasteiger partial charge in [0, 0.05) is 19.1 Å². The van der Waals surface area contributed by atoms with Crippen molar-refractivity contribution in [3.63, 3.8) is 0 Å². The lowest BCUT2D eigenvalue weighted by molar-refractivity contribution is -0.00820. The van der Waals surface area contributed by atoms with E-state index in [0.717, 1.165) is 43.0 Å². The lowest BCUT2D eigenvalue weighted by atomic mass is 9.99. The van der Waals surface area contributed by atoms with E-state index in [1.807, 2.05) is 24.3 Å². The quantitative estimate of drug-likeness (QED) is 0.910. The fourth-order valence-electron chi connectivity index (χ4n) is 2.88. The average Bonchev–Trinajstić information content (AvgIpc) is 2.90. The molecule has 4 heteroatoms. The number of nitrogens with zero attached hydrogens (tertiary/aromatic N) is 1. The molecule has 0 spiro atoms. The number of fused-ring (bicyclic) bond motifs is 1. The van der Waals surface area contributed by atoms with E-state index >= 15 is 0 Å². The van der Waals surface area contributed by atoms with Crippen LogP contribution in [0.2, 0.25) is 0 Å². The van der Waals surface area contributed by atoms with Crippen molar-refractivity contribution in [1.82, 2.24) is 10.3 Å². The minimum Gasteiger partial charge on any atom is -0.441 e. The minimum atomic E-state index is 0.277. The van der Waals surface area contributed by atoms with Gasteiger partial charge in [0.25, 0.3) is 0 Å². The van der Waals surface area contributed by atoms with Crippen LogP contribution in [0.5, 0.6) is 0 Å². The zero-order valence-electron chi connectivity index (χ0n) is 12.0. The van der Waals surface area contributed by atoms with E-state index in [9.17, 15) is 0 Å². The van der Waals surface area contributed by atoms with Gasteiger partial charge in [-0.15, -0.1) is 0 Å². The molecule has 1 aliphatic rings. The molecule has 1 aliphatic heterocycles. The first-order valence-electron chi connectivity index (χ1n) is 7.56. The summed E-state index contributed by atoms with van der Waals surface area (Å²) in [5.41, 5.74) is 1.80. The molecule has 0 saturated carbocycles. The minimum absolute atomic E-state index is 0.277. The molecule has 3 rings (SSSR count). The van der Waals surface area contributed by atoms with Crippen LogP contribution in [-0.4, -0.2) is 30.3 Å². The summed E-state index contributed by atoms with van der Waals surface area (Å²) in [6.45, 7) is 3.94. The van der Waals surface area contributed by atoms with Crippen molar-refractivity contribution in [2.75, 3.05) is 13.2 Å². The summed E-state index contributed by atoms with van der Waals surface area (Å²) in [4.78, 5) is 4.57. The second kappa shape index (κ2) is 6.37. The van der Waals surface area contributed by atoms with Crippen LogP contribution in [0.15, 0.2) is 28.7 Å². The third-order valence-electron chi connectivity index (χ3n) is 3.86. The van der Waals surface area contributed by atoms with Crippen molar-refractivity contribution < 1.29 is 9.15 Å². The van der Waals surface area contributed by atoms with Gasteiger partial charge in [-0.2, -0.15) is 0 Å². The summed E-state index contributed by atoms with van der Waals surface area (Å²) in [7, 11) is 0. The number of nitrogens with one attached hydrogen (secondary N) is 1. The van der Waals surface area contributed by atoms with Gasteiger partial charge >= 0.3 is 0 Å². The van der Waals surface area contributed by atoms with Crippen LogP contribution < -0.4 is 5.32 Å². The monoisotopic (exact) mass is 274 g/mol. The SMILES string of the molecule is CCNC(Cc1nc2ccccc2o1)C1CCCCO1. The molecule has 0 bridgehead atoms. The Morgan fingerprint density at radius 2 is 2.25 bits per heavy atom. The van der Waals surface area contributed by atoms with Gasteiger partial charge in [-0.05, 0) is 37.9 Å². The molecule has 0 amide bonds. The third kappa shape index (κ3) is 3.02. The summed E-state index contributed by atoms with van der Waals surface area (Å²) in [5, 5.41) is 3.52. The predicted octanol–water partition coefficient (Wildman–Crippen LogP) is 2.92. The summed E-state index contributed by atoms with van der Waals surface area (Å²) in [5.74, 6) is 0.798. The van der Waals surface area contributed by atoms with E-state index in [0.29, 0.717) is 0 Å². The molecule has 20 heavy (non-hydrogen) atoms. The topological polar surface area (TPSA) is 47.3 Å².